The molecule has 1 aromatic carbocycles. The number of carbonyl (C=O) groups is 2. The van der Waals surface area contributed by atoms with Gasteiger partial charge < -0.3 is 14.5 Å². The van der Waals surface area contributed by atoms with Crippen LogP contribution in [0, 0.1) is 5.82 Å². The lowest BCUT2D eigenvalue weighted by Gasteiger charge is -2.26. The van der Waals surface area contributed by atoms with Gasteiger partial charge in [0, 0.05) is 26.7 Å². The Kier molecular flexibility index (Phi) is 4.45. The third kappa shape index (κ3) is 2.99. The maximum absolute atomic E-state index is 14.0. The van der Waals surface area contributed by atoms with Crippen molar-refractivity contribution < 1.29 is 18.7 Å². The summed E-state index contributed by atoms with van der Waals surface area (Å²) in [4.78, 5) is 27.5. The van der Waals surface area contributed by atoms with E-state index in [0.717, 1.165) is 6.42 Å². The number of methoxy groups -OCH3 is 1. The summed E-state index contributed by atoms with van der Waals surface area (Å²) in [5.74, 6) is -0.865. The minimum absolute atomic E-state index is 0.0331. The predicted molar refractivity (Wildman–Crippen MR) is 75.7 cm³/mol. The van der Waals surface area contributed by atoms with Crippen molar-refractivity contribution >= 4 is 11.8 Å². The minimum Gasteiger partial charge on any atom is -0.497 e. The van der Waals surface area contributed by atoms with Crippen LogP contribution in [0.3, 0.4) is 0 Å². The fourth-order valence-electron chi connectivity index (χ4n) is 2.52. The molecule has 1 unspecified atom stereocenters. The average Bonchev–Trinajstić information content (AvgIpc) is 2.94. The molecule has 6 heteroatoms. The summed E-state index contributed by atoms with van der Waals surface area (Å²) in [7, 11) is 4.73. The Morgan fingerprint density at radius 1 is 1.38 bits per heavy atom. The molecule has 114 valence electrons. The monoisotopic (exact) mass is 294 g/mol. The highest BCUT2D eigenvalue weighted by Gasteiger charge is 2.36. The molecule has 2 rings (SSSR count). The Labute approximate surface area is 123 Å². The first kappa shape index (κ1) is 15.3. The summed E-state index contributed by atoms with van der Waals surface area (Å²) in [6, 6.07) is 3.60. The summed E-state index contributed by atoms with van der Waals surface area (Å²) in [5, 5.41) is 0. The molecule has 5 nitrogen and oxygen atoms in total. The SMILES string of the molecule is COc1ccc(C(=O)N2CCCC2C(=O)N(C)C)c(F)c1. The van der Waals surface area contributed by atoms with Gasteiger partial charge in [-0.2, -0.15) is 0 Å². The van der Waals surface area contributed by atoms with E-state index in [2.05, 4.69) is 0 Å². The quantitative estimate of drug-likeness (QED) is 0.849. The predicted octanol–water partition coefficient (Wildman–Crippen LogP) is 1.53. The molecular formula is C15H19FN2O3. The molecule has 0 radical (unpaired) electrons. The molecule has 0 spiro atoms. The van der Waals surface area contributed by atoms with Crippen molar-refractivity contribution in [2.75, 3.05) is 27.7 Å². The normalized spacial score (nSPS) is 17.7. The van der Waals surface area contributed by atoms with Crippen LogP contribution in [0.4, 0.5) is 4.39 Å². The summed E-state index contributed by atoms with van der Waals surface area (Å²) in [6.07, 6.45) is 1.36. The Morgan fingerprint density at radius 2 is 2.10 bits per heavy atom. The second-order valence-corrected chi connectivity index (χ2v) is 5.24. The van der Waals surface area contributed by atoms with Gasteiger partial charge in [0.25, 0.3) is 5.91 Å². The Bertz CT molecular complexity index is 560. The third-order valence-electron chi connectivity index (χ3n) is 3.65. The molecule has 0 aliphatic carbocycles. The van der Waals surface area contributed by atoms with E-state index >= 15 is 0 Å². The van der Waals surface area contributed by atoms with Crippen molar-refractivity contribution in [1.82, 2.24) is 9.80 Å². The Balaban J connectivity index is 2.25. The highest BCUT2D eigenvalue weighted by molar-refractivity contribution is 5.98. The molecule has 1 fully saturated rings. The molecule has 1 aliphatic rings. The lowest BCUT2D eigenvalue weighted by atomic mass is 10.1. The van der Waals surface area contributed by atoms with Crippen LogP contribution < -0.4 is 4.74 Å². The number of likely N-dealkylation sites (N-methyl/N-ethyl adjacent to an activating group) is 1. The van der Waals surface area contributed by atoms with Crippen molar-refractivity contribution in [2.24, 2.45) is 0 Å². The van der Waals surface area contributed by atoms with Gasteiger partial charge in [-0.05, 0) is 25.0 Å². The van der Waals surface area contributed by atoms with Crippen LogP contribution in [0.1, 0.15) is 23.2 Å². The molecule has 0 aromatic heterocycles. The van der Waals surface area contributed by atoms with Crippen molar-refractivity contribution in [1.29, 1.82) is 0 Å². The van der Waals surface area contributed by atoms with Crippen molar-refractivity contribution in [3.8, 4) is 5.75 Å². The van der Waals surface area contributed by atoms with E-state index in [1.54, 1.807) is 14.1 Å². The molecule has 1 saturated heterocycles. The number of amides is 2. The van der Waals surface area contributed by atoms with Crippen LogP contribution in [0.15, 0.2) is 18.2 Å². The van der Waals surface area contributed by atoms with Crippen LogP contribution >= 0.6 is 0 Å². The summed E-state index contributed by atoms with van der Waals surface area (Å²) >= 11 is 0. The largest absolute Gasteiger partial charge is 0.497 e. The molecule has 1 aromatic rings. The highest BCUT2D eigenvalue weighted by Crippen LogP contribution is 2.24. The maximum Gasteiger partial charge on any atom is 0.257 e. The number of halogens is 1. The fraction of sp³-hybridized carbons (Fsp3) is 0.467. The Hall–Kier alpha value is -2.11. The molecular weight excluding hydrogens is 275 g/mol. The van der Waals surface area contributed by atoms with Gasteiger partial charge in [0.2, 0.25) is 5.91 Å². The number of likely N-dealkylation sites (tertiary alicyclic amines) is 1. The van der Waals surface area contributed by atoms with Crippen LogP contribution in [-0.4, -0.2) is 55.4 Å². The van der Waals surface area contributed by atoms with E-state index in [9.17, 15) is 14.0 Å². The molecule has 1 atom stereocenters. The summed E-state index contributed by atoms with van der Waals surface area (Å²) in [6.45, 7) is 0.467. The zero-order chi connectivity index (χ0) is 15.6. The standard InChI is InChI=1S/C15H19FN2O3/c1-17(2)15(20)13-5-4-8-18(13)14(19)11-7-6-10(21-3)9-12(11)16/h6-7,9,13H,4-5,8H2,1-3H3. The third-order valence-corrected chi connectivity index (χ3v) is 3.65. The van der Waals surface area contributed by atoms with Gasteiger partial charge in [0.15, 0.2) is 0 Å². The molecule has 21 heavy (non-hydrogen) atoms. The number of ether oxygens (including phenoxy) is 1. The molecule has 1 heterocycles. The van der Waals surface area contributed by atoms with E-state index in [0.29, 0.717) is 18.7 Å². The summed E-state index contributed by atoms with van der Waals surface area (Å²) < 4.78 is 18.9. The van der Waals surface area contributed by atoms with Gasteiger partial charge in [0.05, 0.1) is 12.7 Å². The second kappa shape index (κ2) is 6.11. The number of rotatable bonds is 3. The van der Waals surface area contributed by atoms with E-state index in [-0.39, 0.29) is 11.5 Å². The van der Waals surface area contributed by atoms with Gasteiger partial charge in [-0.25, -0.2) is 4.39 Å². The Morgan fingerprint density at radius 3 is 2.67 bits per heavy atom. The smallest absolute Gasteiger partial charge is 0.257 e. The molecule has 0 N–H and O–H groups in total. The van der Waals surface area contributed by atoms with E-state index < -0.39 is 17.8 Å². The first-order valence-corrected chi connectivity index (χ1v) is 6.81. The number of hydrogen-bond donors (Lipinski definition) is 0. The van der Waals surface area contributed by atoms with Gasteiger partial charge in [-0.1, -0.05) is 0 Å². The first-order valence-electron chi connectivity index (χ1n) is 6.81. The molecule has 0 saturated carbocycles. The number of carbonyl (C=O) groups excluding carboxylic acids is 2. The minimum atomic E-state index is -0.637. The van der Waals surface area contributed by atoms with E-state index in [1.807, 2.05) is 0 Å². The molecule has 0 bridgehead atoms. The maximum atomic E-state index is 14.0. The molecule has 2 amide bonds. The zero-order valence-electron chi connectivity index (χ0n) is 12.4. The molecule has 1 aliphatic heterocycles. The van der Waals surface area contributed by atoms with Gasteiger partial charge in [-0.15, -0.1) is 0 Å². The fourth-order valence-corrected chi connectivity index (χ4v) is 2.52. The highest BCUT2D eigenvalue weighted by atomic mass is 19.1. The van der Waals surface area contributed by atoms with Gasteiger partial charge >= 0.3 is 0 Å². The van der Waals surface area contributed by atoms with Gasteiger partial charge in [0.1, 0.15) is 17.6 Å². The van der Waals surface area contributed by atoms with Gasteiger partial charge in [-0.3, -0.25) is 9.59 Å². The zero-order valence-corrected chi connectivity index (χ0v) is 12.4. The number of hydrogen-bond acceptors (Lipinski definition) is 3. The number of benzene rings is 1. The van der Waals surface area contributed by atoms with Crippen molar-refractivity contribution in [3.05, 3.63) is 29.6 Å². The topological polar surface area (TPSA) is 49.9 Å². The van der Waals surface area contributed by atoms with Crippen molar-refractivity contribution in [3.63, 3.8) is 0 Å². The van der Waals surface area contributed by atoms with Crippen molar-refractivity contribution in [2.45, 2.75) is 18.9 Å². The van der Waals surface area contributed by atoms with E-state index in [4.69, 9.17) is 4.74 Å². The van der Waals surface area contributed by atoms with E-state index in [1.165, 1.54) is 35.1 Å². The van der Waals surface area contributed by atoms with Crippen LogP contribution in [-0.2, 0) is 4.79 Å². The lowest BCUT2D eigenvalue weighted by Crippen LogP contribution is -2.45. The second-order valence-electron chi connectivity index (χ2n) is 5.24. The average molecular weight is 294 g/mol. The number of nitrogens with zero attached hydrogens (tertiary/aromatic N) is 2. The summed E-state index contributed by atoms with van der Waals surface area (Å²) in [5.41, 5.74) is -0.0331. The lowest BCUT2D eigenvalue weighted by molar-refractivity contribution is -0.132. The van der Waals surface area contributed by atoms with Crippen LogP contribution in [0.5, 0.6) is 5.75 Å². The van der Waals surface area contributed by atoms with Crippen LogP contribution in [0.25, 0.3) is 0 Å². The van der Waals surface area contributed by atoms with Crippen LogP contribution in [0.2, 0.25) is 0 Å². The first-order chi connectivity index (χ1) is 9.95.